The van der Waals surface area contributed by atoms with E-state index in [1.807, 2.05) is 36.4 Å². The van der Waals surface area contributed by atoms with Gasteiger partial charge in [0.25, 0.3) is 0 Å². The summed E-state index contributed by atoms with van der Waals surface area (Å²) < 4.78 is 10.9. The molecular weight excluding hydrogens is 318 g/mol. The minimum Gasteiger partial charge on any atom is -0.454 e. The van der Waals surface area contributed by atoms with Crippen LogP contribution in [0.25, 0.3) is 0 Å². The van der Waals surface area contributed by atoms with Gasteiger partial charge in [0, 0.05) is 25.3 Å². The predicted molar refractivity (Wildman–Crippen MR) is 91.4 cm³/mol. The monoisotopic (exact) mass is 337 g/mol. The van der Waals surface area contributed by atoms with Crippen molar-refractivity contribution < 1.29 is 19.1 Å². The van der Waals surface area contributed by atoms with Crippen molar-refractivity contribution in [3.05, 3.63) is 59.7 Å². The molecular formula is C20H19NO4. The molecule has 0 spiro atoms. The normalized spacial score (nSPS) is 17.2. The van der Waals surface area contributed by atoms with E-state index < -0.39 is 0 Å². The number of imide groups is 1. The Morgan fingerprint density at radius 2 is 1.60 bits per heavy atom. The average molecular weight is 337 g/mol. The van der Waals surface area contributed by atoms with Crippen molar-refractivity contribution in [3.8, 4) is 11.5 Å². The smallest absolute Gasteiger partial charge is 0.231 e. The van der Waals surface area contributed by atoms with Gasteiger partial charge in [-0.25, -0.2) is 0 Å². The summed E-state index contributed by atoms with van der Waals surface area (Å²) >= 11 is 0. The highest BCUT2D eigenvalue weighted by Gasteiger charge is 2.29. The lowest BCUT2D eigenvalue weighted by Gasteiger charge is -2.21. The maximum absolute atomic E-state index is 11.9. The van der Waals surface area contributed by atoms with Gasteiger partial charge in [-0.3, -0.25) is 14.5 Å². The molecule has 2 heterocycles. The fourth-order valence-electron chi connectivity index (χ4n) is 3.47. The summed E-state index contributed by atoms with van der Waals surface area (Å²) in [5, 5.41) is 0. The Labute approximate surface area is 146 Å². The Morgan fingerprint density at radius 3 is 2.36 bits per heavy atom. The van der Waals surface area contributed by atoms with Crippen molar-refractivity contribution in [1.82, 2.24) is 4.90 Å². The molecule has 25 heavy (non-hydrogen) atoms. The summed E-state index contributed by atoms with van der Waals surface area (Å²) in [6, 6.07) is 16.1. The summed E-state index contributed by atoms with van der Waals surface area (Å²) in [5.41, 5.74) is 2.25. The molecule has 2 aromatic rings. The Hall–Kier alpha value is -2.82. The highest BCUT2D eigenvalue weighted by molar-refractivity contribution is 6.01. The van der Waals surface area contributed by atoms with Crippen LogP contribution in [0.3, 0.4) is 0 Å². The molecule has 2 aliphatic rings. The van der Waals surface area contributed by atoms with Crippen LogP contribution in [-0.2, 0) is 9.59 Å². The molecule has 2 aromatic carbocycles. The van der Waals surface area contributed by atoms with E-state index in [1.165, 1.54) is 4.90 Å². The Kier molecular flexibility index (Phi) is 4.14. The Bertz CT molecular complexity index is 787. The Morgan fingerprint density at radius 1 is 0.880 bits per heavy atom. The average Bonchev–Trinajstić information content (AvgIpc) is 3.23. The quantitative estimate of drug-likeness (QED) is 0.787. The van der Waals surface area contributed by atoms with E-state index in [4.69, 9.17) is 9.47 Å². The highest BCUT2D eigenvalue weighted by atomic mass is 16.7. The zero-order valence-electron chi connectivity index (χ0n) is 13.8. The van der Waals surface area contributed by atoms with Gasteiger partial charge in [0.15, 0.2) is 11.5 Å². The third-order valence-electron chi connectivity index (χ3n) is 4.80. The lowest BCUT2D eigenvalue weighted by atomic mass is 9.88. The van der Waals surface area contributed by atoms with E-state index in [2.05, 4.69) is 12.1 Å². The van der Waals surface area contributed by atoms with Crippen LogP contribution in [0.2, 0.25) is 0 Å². The molecule has 1 saturated heterocycles. The molecule has 1 atom stereocenters. The second-order valence-electron chi connectivity index (χ2n) is 6.30. The van der Waals surface area contributed by atoms with Crippen molar-refractivity contribution in [2.75, 3.05) is 13.3 Å². The lowest BCUT2D eigenvalue weighted by molar-refractivity contribution is -0.138. The summed E-state index contributed by atoms with van der Waals surface area (Å²) in [7, 11) is 0. The molecule has 0 saturated carbocycles. The van der Waals surface area contributed by atoms with Gasteiger partial charge < -0.3 is 9.47 Å². The molecule has 4 rings (SSSR count). The van der Waals surface area contributed by atoms with E-state index in [0.717, 1.165) is 22.6 Å². The molecule has 0 N–H and O–H groups in total. The maximum atomic E-state index is 11.9. The number of carbonyl (C=O) groups excluding carboxylic acids is 2. The van der Waals surface area contributed by atoms with Gasteiger partial charge in [-0.05, 0) is 29.7 Å². The van der Waals surface area contributed by atoms with Gasteiger partial charge in [0.1, 0.15) is 0 Å². The van der Waals surface area contributed by atoms with Crippen LogP contribution < -0.4 is 9.47 Å². The van der Waals surface area contributed by atoms with Crippen molar-refractivity contribution in [3.63, 3.8) is 0 Å². The number of hydrogen-bond acceptors (Lipinski definition) is 4. The molecule has 0 unspecified atom stereocenters. The van der Waals surface area contributed by atoms with Crippen molar-refractivity contribution >= 4 is 11.8 Å². The topological polar surface area (TPSA) is 55.8 Å². The fourth-order valence-corrected chi connectivity index (χ4v) is 3.47. The predicted octanol–water partition coefficient (Wildman–Crippen LogP) is 3.09. The first-order chi connectivity index (χ1) is 12.2. The van der Waals surface area contributed by atoms with Crippen LogP contribution in [0.4, 0.5) is 0 Å². The number of amides is 2. The van der Waals surface area contributed by atoms with Crippen molar-refractivity contribution in [2.24, 2.45) is 0 Å². The highest BCUT2D eigenvalue weighted by Crippen LogP contribution is 2.37. The Balaban J connectivity index is 1.61. The number of benzene rings is 2. The van der Waals surface area contributed by atoms with Gasteiger partial charge in [0.05, 0.1) is 0 Å². The minimum absolute atomic E-state index is 0.0671. The van der Waals surface area contributed by atoms with Gasteiger partial charge >= 0.3 is 0 Å². The first-order valence-electron chi connectivity index (χ1n) is 8.50. The first-order valence-corrected chi connectivity index (χ1v) is 8.50. The third kappa shape index (κ3) is 3.09. The number of ether oxygens (including phenoxy) is 2. The van der Waals surface area contributed by atoms with Gasteiger partial charge in [-0.1, -0.05) is 36.4 Å². The van der Waals surface area contributed by atoms with E-state index in [-0.39, 0.29) is 24.5 Å². The number of nitrogens with zero attached hydrogens (tertiary/aromatic N) is 1. The largest absolute Gasteiger partial charge is 0.454 e. The van der Waals surface area contributed by atoms with Crippen LogP contribution in [-0.4, -0.2) is 30.1 Å². The molecule has 0 aromatic heterocycles. The van der Waals surface area contributed by atoms with E-state index in [1.54, 1.807) is 0 Å². The van der Waals surface area contributed by atoms with E-state index >= 15 is 0 Å². The van der Waals surface area contributed by atoms with Gasteiger partial charge in [-0.2, -0.15) is 0 Å². The van der Waals surface area contributed by atoms with Crippen LogP contribution >= 0.6 is 0 Å². The van der Waals surface area contributed by atoms with Crippen LogP contribution in [0.5, 0.6) is 11.5 Å². The van der Waals surface area contributed by atoms with Gasteiger partial charge in [-0.15, -0.1) is 0 Å². The molecule has 2 amide bonds. The summed E-state index contributed by atoms with van der Waals surface area (Å²) in [6.45, 7) is 0.678. The number of carbonyl (C=O) groups is 2. The lowest BCUT2D eigenvalue weighted by Crippen LogP contribution is -2.31. The molecule has 128 valence electrons. The standard InChI is InChI=1S/C20H19NO4/c22-19-8-9-20(23)21(19)11-10-16(14-4-2-1-3-5-14)15-6-7-17-18(12-15)25-13-24-17/h1-7,12,16H,8-11,13H2/t16-/m1/s1. The van der Waals surface area contributed by atoms with Crippen LogP contribution in [0, 0.1) is 0 Å². The molecule has 1 fully saturated rings. The van der Waals surface area contributed by atoms with Gasteiger partial charge in [0.2, 0.25) is 18.6 Å². The van der Waals surface area contributed by atoms with E-state index in [0.29, 0.717) is 25.8 Å². The minimum atomic E-state index is -0.0671. The fraction of sp³-hybridized carbons (Fsp3) is 0.300. The number of likely N-dealkylation sites (tertiary alicyclic amines) is 1. The number of fused-ring (bicyclic) bond motifs is 1. The second-order valence-corrected chi connectivity index (χ2v) is 6.30. The number of rotatable bonds is 5. The maximum Gasteiger partial charge on any atom is 0.231 e. The van der Waals surface area contributed by atoms with Crippen molar-refractivity contribution in [1.29, 1.82) is 0 Å². The van der Waals surface area contributed by atoms with Crippen LogP contribution in [0.15, 0.2) is 48.5 Å². The zero-order chi connectivity index (χ0) is 17.2. The molecule has 5 heteroatoms. The molecule has 0 aliphatic carbocycles. The SMILES string of the molecule is O=C1CCC(=O)N1CC[C@H](c1ccccc1)c1ccc2c(c1)OCO2. The second kappa shape index (κ2) is 6.59. The number of hydrogen-bond donors (Lipinski definition) is 0. The first kappa shape index (κ1) is 15.7. The van der Waals surface area contributed by atoms with Crippen LogP contribution in [0.1, 0.15) is 36.3 Å². The summed E-state index contributed by atoms with van der Waals surface area (Å²) in [6.07, 6.45) is 1.35. The summed E-state index contributed by atoms with van der Waals surface area (Å²) in [5.74, 6) is 1.44. The molecule has 2 aliphatic heterocycles. The molecule has 5 nitrogen and oxygen atoms in total. The van der Waals surface area contributed by atoms with E-state index in [9.17, 15) is 9.59 Å². The third-order valence-corrected chi connectivity index (χ3v) is 4.80. The van der Waals surface area contributed by atoms with Crippen molar-refractivity contribution in [2.45, 2.75) is 25.2 Å². The zero-order valence-corrected chi connectivity index (χ0v) is 13.8. The summed E-state index contributed by atoms with van der Waals surface area (Å²) in [4.78, 5) is 25.2. The molecule has 0 bridgehead atoms. The molecule has 0 radical (unpaired) electrons.